The number of aldehydes is 1. The van der Waals surface area contributed by atoms with Crippen LogP contribution in [0.4, 0.5) is 10.6 Å². The molecule has 0 aliphatic rings. The number of thiol groups is 1. The Morgan fingerprint density at radius 2 is 2.38 bits per heavy atom. The molecule has 1 rings (SSSR count). The van der Waals surface area contributed by atoms with Crippen molar-refractivity contribution in [3.05, 3.63) is 22.3 Å². The van der Waals surface area contributed by atoms with Crippen LogP contribution in [0.3, 0.4) is 0 Å². The molecule has 0 bridgehead atoms. The Morgan fingerprint density at radius 3 is 2.92 bits per heavy atom. The summed E-state index contributed by atoms with van der Waals surface area (Å²) < 4.78 is 0.673. The number of halogens is 1. The smallest absolute Gasteiger partial charge is 0.281 e. The van der Waals surface area contributed by atoms with Crippen LogP contribution in [-0.4, -0.2) is 16.5 Å². The van der Waals surface area contributed by atoms with Crippen LogP contribution in [0.5, 0.6) is 0 Å². The van der Waals surface area contributed by atoms with Crippen molar-refractivity contribution in [2.75, 3.05) is 5.32 Å². The van der Waals surface area contributed by atoms with E-state index >= 15 is 0 Å². The molecule has 1 aromatic rings. The lowest BCUT2D eigenvalue weighted by Crippen LogP contribution is -2.06. The summed E-state index contributed by atoms with van der Waals surface area (Å²) in [6.45, 7) is 0. The average Bonchev–Trinajstić information content (AvgIpc) is 2.07. The molecule has 0 aliphatic carbocycles. The number of carbonyl (C=O) groups excluding carboxylic acids is 2. The monoisotopic (exact) mass is 260 g/mol. The van der Waals surface area contributed by atoms with Gasteiger partial charge in [0.25, 0.3) is 5.24 Å². The Labute approximate surface area is 88.3 Å². The minimum atomic E-state index is -0.557. The first-order valence-electron chi connectivity index (χ1n) is 3.24. The third-order valence-corrected chi connectivity index (χ3v) is 1.78. The van der Waals surface area contributed by atoms with Crippen LogP contribution in [0.2, 0.25) is 0 Å². The molecule has 1 heterocycles. The van der Waals surface area contributed by atoms with Crippen LogP contribution in [0.25, 0.3) is 0 Å². The fourth-order valence-electron chi connectivity index (χ4n) is 0.750. The average molecular weight is 261 g/mol. The number of pyridine rings is 1. The first-order valence-corrected chi connectivity index (χ1v) is 4.48. The van der Waals surface area contributed by atoms with Gasteiger partial charge in [0.15, 0.2) is 6.29 Å². The first-order chi connectivity index (χ1) is 6.13. The molecule has 0 radical (unpaired) electrons. The van der Waals surface area contributed by atoms with Crippen molar-refractivity contribution >= 4 is 45.9 Å². The van der Waals surface area contributed by atoms with Gasteiger partial charge in [0, 0.05) is 10.7 Å². The molecule has 6 heteroatoms. The molecule has 4 nitrogen and oxygen atoms in total. The van der Waals surface area contributed by atoms with Gasteiger partial charge < -0.3 is 5.32 Å². The van der Waals surface area contributed by atoms with Crippen LogP contribution in [0.15, 0.2) is 16.7 Å². The third-order valence-electron chi connectivity index (χ3n) is 1.24. The fourth-order valence-corrected chi connectivity index (χ4v) is 1.21. The summed E-state index contributed by atoms with van der Waals surface area (Å²) in [5.41, 5.74) is 0.303. The molecule has 0 fully saturated rings. The molecule has 0 spiro atoms. The van der Waals surface area contributed by atoms with Crippen molar-refractivity contribution in [3.63, 3.8) is 0 Å². The van der Waals surface area contributed by atoms with Crippen molar-refractivity contribution < 1.29 is 9.59 Å². The van der Waals surface area contributed by atoms with Crippen LogP contribution < -0.4 is 5.32 Å². The maximum absolute atomic E-state index is 10.6. The van der Waals surface area contributed by atoms with E-state index in [0.717, 1.165) is 0 Å². The number of carbonyl (C=O) groups is 2. The van der Waals surface area contributed by atoms with Gasteiger partial charge in [0.05, 0.1) is 5.56 Å². The van der Waals surface area contributed by atoms with Gasteiger partial charge in [-0.15, -0.1) is 0 Å². The zero-order valence-electron chi connectivity index (χ0n) is 6.32. The number of rotatable bonds is 2. The second-order valence-corrected chi connectivity index (χ2v) is 3.46. The van der Waals surface area contributed by atoms with Gasteiger partial charge in [-0.3, -0.25) is 9.59 Å². The predicted octanol–water partition coefficient (Wildman–Crippen LogP) is 2.12. The van der Waals surface area contributed by atoms with E-state index < -0.39 is 5.24 Å². The fraction of sp³-hybridized carbons (Fsp3) is 0. The molecule has 0 aromatic carbocycles. The van der Waals surface area contributed by atoms with Crippen LogP contribution in [0.1, 0.15) is 10.4 Å². The van der Waals surface area contributed by atoms with Crippen molar-refractivity contribution in [3.8, 4) is 0 Å². The van der Waals surface area contributed by atoms with Gasteiger partial charge in [0.1, 0.15) is 5.82 Å². The van der Waals surface area contributed by atoms with E-state index in [9.17, 15) is 9.59 Å². The summed E-state index contributed by atoms with van der Waals surface area (Å²) in [6, 6.07) is 1.55. The molecule has 0 unspecified atom stereocenters. The molecule has 68 valence electrons. The summed E-state index contributed by atoms with van der Waals surface area (Å²) in [4.78, 5) is 24.9. The van der Waals surface area contributed by atoms with E-state index in [1.165, 1.54) is 6.20 Å². The first kappa shape index (κ1) is 10.2. The van der Waals surface area contributed by atoms with Gasteiger partial charge in [-0.1, -0.05) is 12.6 Å². The highest BCUT2D eigenvalue weighted by atomic mass is 79.9. The number of aromatic nitrogens is 1. The standard InChI is InChI=1S/C7H5BrN2O2S/c8-5-1-4(3-11)6(9-2-5)10-7(12)13/h1-3H,(H2,9,10,12,13). The number of amides is 1. The van der Waals surface area contributed by atoms with E-state index in [2.05, 4.69) is 38.9 Å². The molecule has 1 N–H and O–H groups in total. The Balaban J connectivity index is 3.05. The second kappa shape index (κ2) is 4.38. The van der Waals surface area contributed by atoms with Gasteiger partial charge in [-0.05, 0) is 22.0 Å². The van der Waals surface area contributed by atoms with Crippen molar-refractivity contribution in [2.24, 2.45) is 0 Å². The summed E-state index contributed by atoms with van der Waals surface area (Å²) in [7, 11) is 0. The number of hydrogen-bond donors (Lipinski definition) is 2. The number of nitrogens with zero attached hydrogens (tertiary/aromatic N) is 1. The van der Waals surface area contributed by atoms with Crippen LogP contribution >= 0.6 is 28.6 Å². The quantitative estimate of drug-likeness (QED) is 0.633. The summed E-state index contributed by atoms with van der Waals surface area (Å²) in [5, 5.41) is 1.76. The molecular weight excluding hydrogens is 256 g/mol. The Bertz CT molecular complexity index is 356. The lowest BCUT2D eigenvalue weighted by Gasteiger charge is -2.02. The topological polar surface area (TPSA) is 59.1 Å². The largest absolute Gasteiger partial charge is 0.301 e. The summed E-state index contributed by atoms with van der Waals surface area (Å²) >= 11 is 6.65. The molecule has 1 aromatic heterocycles. The molecule has 1 amide bonds. The molecule has 0 atom stereocenters. The highest BCUT2D eigenvalue weighted by Crippen LogP contribution is 2.16. The van der Waals surface area contributed by atoms with Crippen molar-refractivity contribution in [1.82, 2.24) is 4.98 Å². The zero-order valence-corrected chi connectivity index (χ0v) is 8.80. The van der Waals surface area contributed by atoms with E-state index in [0.29, 0.717) is 16.3 Å². The summed E-state index contributed by atoms with van der Waals surface area (Å²) in [5.74, 6) is 0.207. The van der Waals surface area contributed by atoms with Crippen molar-refractivity contribution in [2.45, 2.75) is 0 Å². The van der Waals surface area contributed by atoms with E-state index in [1.54, 1.807) is 6.07 Å². The minimum absolute atomic E-state index is 0.207. The predicted molar refractivity (Wildman–Crippen MR) is 55.3 cm³/mol. The maximum atomic E-state index is 10.6. The van der Waals surface area contributed by atoms with E-state index in [-0.39, 0.29) is 5.82 Å². The molecular formula is C7H5BrN2O2S. The second-order valence-electron chi connectivity index (χ2n) is 2.14. The highest BCUT2D eigenvalue weighted by Gasteiger charge is 2.05. The molecule has 13 heavy (non-hydrogen) atoms. The normalized spacial score (nSPS) is 9.38. The number of anilines is 1. The lowest BCUT2D eigenvalue weighted by atomic mass is 10.3. The minimum Gasteiger partial charge on any atom is -0.301 e. The van der Waals surface area contributed by atoms with Gasteiger partial charge in [-0.25, -0.2) is 4.98 Å². The Hall–Kier alpha value is -0.880. The third kappa shape index (κ3) is 2.82. The molecule has 0 aliphatic heterocycles. The number of hydrogen-bond acceptors (Lipinski definition) is 3. The van der Waals surface area contributed by atoms with Gasteiger partial charge in [0.2, 0.25) is 0 Å². The molecule has 0 saturated heterocycles. The maximum Gasteiger partial charge on any atom is 0.281 e. The van der Waals surface area contributed by atoms with Gasteiger partial charge >= 0.3 is 0 Å². The van der Waals surface area contributed by atoms with Crippen LogP contribution in [-0.2, 0) is 0 Å². The molecule has 0 saturated carbocycles. The lowest BCUT2D eigenvalue weighted by molar-refractivity contribution is 0.112. The zero-order chi connectivity index (χ0) is 9.84. The summed E-state index contributed by atoms with van der Waals surface area (Å²) in [6.07, 6.45) is 2.09. The Morgan fingerprint density at radius 1 is 1.69 bits per heavy atom. The van der Waals surface area contributed by atoms with Gasteiger partial charge in [-0.2, -0.15) is 0 Å². The Kier molecular flexibility index (Phi) is 3.44. The van der Waals surface area contributed by atoms with E-state index in [1.807, 2.05) is 0 Å². The van der Waals surface area contributed by atoms with Crippen LogP contribution in [0, 0.1) is 0 Å². The SMILES string of the molecule is O=Cc1cc(Br)cnc1NC(=O)S. The van der Waals surface area contributed by atoms with Crippen molar-refractivity contribution in [1.29, 1.82) is 0 Å². The number of nitrogens with one attached hydrogen (secondary N) is 1. The van der Waals surface area contributed by atoms with E-state index in [4.69, 9.17) is 0 Å². The highest BCUT2D eigenvalue weighted by molar-refractivity contribution is 9.10.